The van der Waals surface area contributed by atoms with Crippen molar-refractivity contribution in [2.75, 3.05) is 6.54 Å². The number of hydrogen-bond donors (Lipinski definition) is 4. The molecule has 0 spiro atoms. The molecule has 188 valence electrons. The maximum Gasteiger partial charge on any atom is 0.349 e. The number of ether oxygens (including phenoxy) is 1. The molecule has 2 aromatic heterocycles. The fourth-order valence-corrected chi connectivity index (χ4v) is 5.08. The zero-order valence-electron chi connectivity index (χ0n) is 19.5. The highest BCUT2D eigenvalue weighted by atomic mass is 35.5. The average molecular weight is 540 g/mol. The van der Waals surface area contributed by atoms with E-state index in [1.165, 1.54) is 12.1 Å². The van der Waals surface area contributed by atoms with Gasteiger partial charge in [0.25, 0.3) is 5.56 Å². The van der Waals surface area contributed by atoms with Crippen LogP contribution in [0, 0.1) is 11.3 Å². The maximum absolute atomic E-state index is 12.2. The van der Waals surface area contributed by atoms with Crippen LogP contribution in [0.3, 0.4) is 0 Å². The molecule has 1 aliphatic rings. The number of primary amides is 1. The number of halogens is 2. The quantitative estimate of drug-likeness (QED) is 0.308. The number of H-pyrrole nitrogens is 2. The molecule has 11 nitrogen and oxygen atoms in total. The highest BCUT2D eigenvalue weighted by Gasteiger charge is 2.38. The van der Waals surface area contributed by atoms with E-state index in [0.29, 0.717) is 18.0 Å². The van der Waals surface area contributed by atoms with Gasteiger partial charge in [-0.25, -0.2) is 4.79 Å². The third kappa shape index (κ3) is 4.15. The van der Waals surface area contributed by atoms with Crippen molar-refractivity contribution in [3.05, 3.63) is 78.2 Å². The Labute approximate surface area is 218 Å². The monoisotopic (exact) mass is 539 g/mol. The Kier molecular flexibility index (Phi) is 5.83. The molecule has 0 aliphatic carbocycles. The summed E-state index contributed by atoms with van der Waals surface area (Å²) in [4.78, 5) is 41.2. The van der Waals surface area contributed by atoms with Crippen LogP contribution >= 0.6 is 23.2 Å². The second-order valence-corrected chi connectivity index (χ2v) is 10.0. The number of aromatic amines is 2. The summed E-state index contributed by atoms with van der Waals surface area (Å²) in [5.41, 5.74) is 5.67. The summed E-state index contributed by atoms with van der Waals surface area (Å²) < 4.78 is 6.84. The second-order valence-electron chi connectivity index (χ2n) is 9.19. The number of nitrogens with zero attached hydrogens (tertiary/aromatic N) is 3. The smallest absolute Gasteiger partial charge is 0.349 e. The molecule has 1 aliphatic heterocycles. The maximum atomic E-state index is 12.2. The SMILES string of the molecule is CC1(C)CNC(C(N)=O)c2[nH]c3ccc(Oc4c(Cl)cc(-n5nc(C#N)c(=O)[nH]c5=O)cc4Cl)cc3c21. The molecule has 5 N–H and O–H groups in total. The van der Waals surface area contributed by atoms with Crippen molar-refractivity contribution in [2.24, 2.45) is 5.73 Å². The minimum absolute atomic E-state index is 0.0652. The molecule has 13 heteroatoms. The van der Waals surface area contributed by atoms with Crippen molar-refractivity contribution >= 4 is 40.0 Å². The van der Waals surface area contributed by atoms with Crippen molar-refractivity contribution in [1.29, 1.82) is 5.26 Å². The first-order valence-corrected chi connectivity index (χ1v) is 11.8. The van der Waals surface area contributed by atoms with Crippen molar-refractivity contribution in [3.8, 4) is 23.3 Å². The predicted octanol–water partition coefficient (Wildman–Crippen LogP) is 2.78. The van der Waals surface area contributed by atoms with Crippen LogP contribution in [-0.2, 0) is 10.2 Å². The Hall–Kier alpha value is -4.11. The van der Waals surface area contributed by atoms with Gasteiger partial charge >= 0.3 is 5.69 Å². The lowest BCUT2D eigenvalue weighted by Crippen LogP contribution is -2.46. The van der Waals surface area contributed by atoms with Crippen LogP contribution in [0.5, 0.6) is 11.5 Å². The van der Waals surface area contributed by atoms with Crippen LogP contribution in [0.1, 0.15) is 36.8 Å². The lowest BCUT2D eigenvalue weighted by atomic mass is 9.78. The standard InChI is InChI=1S/C24H19Cl2N7O4/c1-24(2)9-29-19(21(28)34)18-17(24)12-7-11(3-4-15(12)30-18)37-20-13(25)5-10(6-14(20)26)33-23(36)31-22(35)16(8-27)32-33/h3-7,19,29-30H,9H2,1-2H3,(H2,28,34)(H,31,35,36). The Morgan fingerprint density at radius 1 is 1.22 bits per heavy atom. The molecule has 5 rings (SSSR count). The normalized spacial score (nSPS) is 16.2. The molecule has 0 saturated heterocycles. The number of carbonyl (C=O) groups is 1. The number of nitrogens with one attached hydrogen (secondary N) is 3. The van der Waals surface area contributed by atoms with Gasteiger partial charge in [0.05, 0.1) is 15.7 Å². The van der Waals surface area contributed by atoms with E-state index in [9.17, 15) is 14.4 Å². The summed E-state index contributed by atoms with van der Waals surface area (Å²) in [6.45, 7) is 4.68. The van der Waals surface area contributed by atoms with Gasteiger partial charge in [-0.05, 0) is 35.9 Å². The first-order valence-electron chi connectivity index (χ1n) is 11.0. The summed E-state index contributed by atoms with van der Waals surface area (Å²) in [5, 5.41) is 17.0. The molecule has 37 heavy (non-hydrogen) atoms. The fraction of sp³-hybridized carbons (Fsp3) is 0.208. The first-order chi connectivity index (χ1) is 17.5. The minimum atomic E-state index is -0.899. The lowest BCUT2D eigenvalue weighted by Gasteiger charge is -2.34. The van der Waals surface area contributed by atoms with Crippen molar-refractivity contribution in [2.45, 2.75) is 25.3 Å². The van der Waals surface area contributed by atoms with Gasteiger partial charge in [-0.2, -0.15) is 9.94 Å². The molecule has 1 unspecified atom stereocenters. The number of benzene rings is 2. The summed E-state index contributed by atoms with van der Waals surface area (Å²) in [5.74, 6) is 0.0862. The molecular weight excluding hydrogens is 521 g/mol. The minimum Gasteiger partial charge on any atom is -0.454 e. The number of carbonyl (C=O) groups excluding carboxylic acids is 1. The van der Waals surface area contributed by atoms with E-state index in [0.717, 1.165) is 21.1 Å². The Bertz CT molecular complexity index is 1740. The Morgan fingerprint density at radius 2 is 1.92 bits per heavy atom. The van der Waals surface area contributed by atoms with Gasteiger partial charge in [0, 0.05) is 28.6 Å². The van der Waals surface area contributed by atoms with E-state index in [1.807, 2.05) is 17.1 Å². The molecule has 0 saturated carbocycles. The fourth-order valence-electron chi connectivity index (χ4n) is 4.52. The number of nitriles is 1. The van der Waals surface area contributed by atoms with Gasteiger partial charge in [-0.1, -0.05) is 37.0 Å². The van der Waals surface area contributed by atoms with Crippen molar-refractivity contribution in [1.82, 2.24) is 25.1 Å². The lowest BCUT2D eigenvalue weighted by molar-refractivity contribution is -0.120. The molecule has 4 aromatic rings. The van der Waals surface area contributed by atoms with Gasteiger partial charge in [0.1, 0.15) is 17.9 Å². The predicted molar refractivity (Wildman–Crippen MR) is 137 cm³/mol. The van der Waals surface area contributed by atoms with E-state index in [2.05, 4.69) is 29.2 Å². The number of aromatic nitrogens is 4. The van der Waals surface area contributed by atoms with Gasteiger partial charge in [-0.3, -0.25) is 14.6 Å². The van der Waals surface area contributed by atoms with Crippen molar-refractivity contribution in [3.63, 3.8) is 0 Å². The highest BCUT2D eigenvalue weighted by Crippen LogP contribution is 2.43. The van der Waals surface area contributed by atoms with Crippen LogP contribution in [0.4, 0.5) is 0 Å². The number of hydrogen-bond acceptors (Lipinski definition) is 7. The molecule has 1 atom stereocenters. The van der Waals surface area contributed by atoms with E-state index in [4.69, 9.17) is 38.9 Å². The Balaban J connectivity index is 1.56. The molecule has 2 aromatic carbocycles. The van der Waals surface area contributed by atoms with E-state index in [1.54, 1.807) is 12.1 Å². The zero-order chi connectivity index (χ0) is 26.6. The summed E-state index contributed by atoms with van der Waals surface area (Å²) in [6, 6.07) is 9.09. The van der Waals surface area contributed by atoms with Crippen LogP contribution in [0.2, 0.25) is 10.0 Å². The summed E-state index contributed by atoms with van der Waals surface area (Å²) >= 11 is 12.9. The molecule has 0 radical (unpaired) electrons. The molecular formula is C24H19Cl2N7O4. The number of amides is 1. The van der Waals surface area contributed by atoms with Crippen LogP contribution in [0.25, 0.3) is 16.6 Å². The summed E-state index contributed by atoms with van der Waals surface area (Å²) in [6.07, 6.45) is 0. The van der Waals surface area contributed by atoms with Gasteiger partial charge < -0.3 is 20.8 Å². The topological polar surface area (TPSA) is 172 Å². The zero-order valence-corrected chi connectivity index (χ0v) is 21.0. The van der Waals surface area contributed by atoms with Crippen LogP contribution in [0.15, 0.2) is 39.9 Å². The van der Waals surface area contributed by atoms with Crippen molar-refractivity contribution < 1.29 is 9.53 Å². The molecule has 0 fully saturated rings. The third-order valence-corrected chi connectivity index (χ3v) is 6.74. The Morgan fingerprint density at radius 3 is 2.57 bits per heavy atom. The van der Waals surface area contributed by atoms with E-state index < -0.39 is 28.9 Å². The molecule has 3 heterocycles. The summed E-state index contributed by atoms with van der Waals surface area (Å²) in [7, 11) is 0. The van der Waals surface area contributed by atoms with Crippen LogP contribution in [-0.4, -0.2) is 32.2 Å². The van der Waals surface area contributed by atoms with E-state index in [-0.39, 0.29) is 26.9 Å². The van der Waals surface area contributed by atoms with Gasteiger partial charge in [0.2, 0.25) is 11.6 Å². The van der Waals surface area contributed by atoms with Crippen LogP contribution < -0.4 is 27.0 Å². The average Bonchev–Trinajstić information content (AvgIpc) is 3.21. The van der Waals surface area contributed by atoms with Gasteiger partial charge in [0.15, 0.2) is 5.75 Å². The van der Waals surface area contributed by atoms with Gasteiger partial charge in [-0.15, -0.1) is 5.10 Å². The molecule has 1 amide bonds. The largest absolute Gasteiger partial charge is 0.454 e. The van der Waals surface area contributed by atoms with E-state index >= 15 is 0 Å². The number of nitrogens with two attached hydrogens (primary N) is 1. The number of fused-ring (bicyclic) bond motifs is 3. The molecule has 0 bridgehead atoms. The first kappa shape index (κ1) is 24.6. The third-order valence-electron chi connectivity index (χ3n) is 6.18. The number of rotatable bonds is 4. The second kappa shape index (κ2) is 8.77. The highest BCUT2D eigenvalue weighted by molar-refractivity contribution is 6.37.